The maximum atomic E-state index is 12.4. The molecule has 0 aliphatic carbocycles. The molecule has 1 aliphatic rings. The largest absolute Gasteiger partial charge is 0.344 e. The lowest BCUT2D eigenvalue weighted by molar-refractivity contribution is -0.134. The summed E-state index contributed by atoms with van der Waals surface area (Å²) in [6, 6.07) is 9.67. The number of rotatable bonds is 6. The first-order valence-corrected chi connectivity index (χ1v) is 7.03. The van der Waals surface area contributed by atoms with Crippen molar-refractivity contribution in [3.8, 4) is 0 Å². The van der Waals surface area contributed by atoms with Crippen LogP contribution in [0, 0.1) is 0 Å². The number of nitrogens with zero attached hydrogens (tertiary/aromatic N) is 1. The summed E-state index contributed by atoms with van der Waals surface area (Å²) >= 11 is 0. The molecule has 2 rings (SSSR count). The highest BCUT2D eigenvalue weighted by Gasteiger charge is 2.30. The second-order valence-corrected chi connectivity index (χ2v) is 5.01. The summed E-state index contributed by atoms with van der Waals surface area (Å²) in [6.07, 6.45) is 1.82. The molecule has 20 heavy (non-hydrogen) atoms. The van der Waals surface area contributed by atoms with Crippen molar-refractivity contribution in [1.29, 1.82) is 0 Å². The number of amides is 2. The molecule has 0 saturated carbocycles. The van der Waals surface area contributed by atoms with Gasteiger partial charge in [-0.1, -0.05) is 30.3 Å². The molecule has 0 bridgehead atoms. The van der Waals surface area contributed by atoms with Crippen molar-refractivity contribution in [3.05, 3.63) is 35.9 Å². The Kier molecular flexibility index (Phi) is 5.12. The molecule has 1 unspecified atom stereocenters. The van der Waals surface area contributed by atoms with E-state index in [1.807, 2.05) is 30.3 Å². The molecule has 0 radical (unpaired) electrons. The molecule has 3 N–H and O–H groups in total. The van der Waals surface area contributed by atoms with Gasteiger partial charge in [-0.3, -0.25) is 9.59 Å². The number of hydrogen-bond donors (Lipinski definition) is 2. The van der Waals surface area contributed by atoms with Crippen LogP contribution in [0.25, 0.3) is 0 Å². The predicted molar refractivity (Wildman–Crippen MR) is 76.9 cm³/mol. The van der Waals surface area contributed by atoms with E-state index >= 15 is 0 Å². The smallest absolute Gasteiger partial charge is 0.245 e. The molecule has 108 valence electrons. The van der Waals surface area contributed by atoms with Crippen molar-refractivity contribution in [2.45, 2.75) is 25.3 Å². The normalized spacial score (nSPS) is 17.9. The fourth-order valence-corrected chi connectivity index (χ4v) is 2.42. The summed E-state index contributed by atoms with van der Waals surface area (Å²) in [5, 5.41) is 2.72. The first kappa shape index (κ1) is 14.5. The van der Waals surface area contributed by atoms with Crippen LogP contribution in [0.15, 0.2) is 30.3 Å². The third-order valence-corrected chi connectivity index (χ3v) is 3.52. The summed E-state index contributed by atoms with van der Waals surface area (Å²) in [5.74, 6) is -0.0589. The van der Waals surface area contributed by atoms with E-state index in [0.717, 1.165) is 6.42 Å². The van der Waals surface area contributed by atoms with E-state index in [0.29, 0.717) is 32.5 Å². The third-order valence-electron chi connectivity index (χ3n) is 3.52. The van der Waals surface area contributed by atoms with Crippen molar-refractivity contribution in [2.75, 3.05) is 19.6 Å². The molecule has 5 nitrogen and oxygen atoms in total. The third kappa shape index (κ3) is 3.81. The minimum Gasteiger partial charge on any atom is -0.344 e. The summed E-state index contributed by atoms with van der Waals surface area (Å²) in [4.78, 5) is 25.3. The molecule has 1 aromatic carbocycles. The zero-order valence-corrected chi connectivity index (χ0v) is 11.5. The molecular formula is C15H21N3O2. The number of carbonyl (C=O) groups is 2. The Bertz CT molecular complexity index is 461. The molecule has 1 heterocycles. The van der Waals surface area contributed by atoms with Gasteiger partial charge in [0, 0.05) is 26.1 Å². The van der Waals surface area contributed by atoms with Gasteiger partial charge in [-0.15, -0.1) is 0 Å². The van der Waals surface area contributed by atoms with E-state index in [1.165, 1.54) is 5.56 Å². The van der Waals surface area contributed by atoms with Crippen molar-refractivity contribution in [3.63, 3.8) is 0 Å². The van der Waals surface area contributed by atoms with Gasteiger partial charge < -0.3 is 16.0 Å². The SMILES string of the molecule is NCCN(CCc1ccccc1)C(=O)C1CCC(=O)N1. The van der Waals surface area contributed by atoms with Gasteiger partial charge in [-0.2, -0.15) is 0 Å². The molecular weight excluding hydrogens is 254 g/mol. The zero-order valence-electron chi connectivity index (χ0n) is 11.5. The van der Waals surface area contributed by atoms with Gasteiger partial charge in [0.05, 0.1) is 0 Å². The Labute approximate surface area is 119 Å². The van der Waals surface area contributed by atoms with E-state index in [2.05, 4.69) is 5.32 Å². The lowest BCUT2D eigenvalue weighted by Crippen LogP contribution is -2.46. The molecule has 2 amide bonds. The van der Waals surface area contributed by atoms with Crippen molar-refractivity contribution < 1.29 is 9.59 Å². The van der Waals surface area contributed by atoms with Gasteiger partial charge in [0.15, 0.2) is 0 Å². The van der Waals surface area contributed by atoms with Gasteiger partial charge in [0.25, 0.3) is 0 Å². The van der Waals surface area contributed by atoms with Crippen LogP contribution in [-0.2, 0) is 16.0 Å². The first-order valence-electron chi connectivity index (χ1n) is 7.03. The average Bonchev–Trinajstić information content (AvgIpc) is 2.90. The molecule has 0 aromatic heterocycles. The number of nitrogens with one attached hydrogen (secondary N) is 1. The minimum atomic E-state index is -0.371. The van der Waals surface area contributed by atoms with Crippen molar-refractivity contribution in [2.24, 2.45) is 5.73 Å². The van der Waals surface area contributed by atoms with Gasteiger partial charge in [-0.05, 0) is 18.4 Å². The Morgan fingerprint density at radius 2 is 2.05 bits per heavy atom. The highest BCUT2D eigenvalue weighted by Crippen LogP contribution is 2.10. The monoisotopic (exact) mass is 275 g/mol. The van der Waals surface area contributed by atoms with Crippen LogP contribution >= 0.6 is 0 Å². The van der Waals surface area contributed by atoms with Crippen molar-refractivity contribution in [1.82, 2.24) is 10.2 Å². The van der Waals surface area contributed by atoms with Gasteiger partial charge >= 0.3 is 0 Å². The Morgan fingerprint density at radius 1 is 1.30 bits per heavy atom. The van der Waals surface area contributed by atoms with Gasteiger partial charge in [-0.25, -0.2) is 0 Å². The second-order valence-electron chi connectivity index (χ2n) is 5.01. The van der Waals surface area contributed by atoms with Crippen molar-refractivity contribution >= 4 is 11.8 Å². The highest BCUT2D eigenvalue weighted by atomic mass is 16.2. The summed E-state index contributed by atoms with van der Waals surface area (Å²) < 4.78 is 0. The Balaban J connectivity index is 1.92. The summed E-state index contributed by atoms with van der Waals surface area (Å²) in [7, 11) is 0. The predicted octanol–water partition coefficient (Wildman–Crippen LogP) is 0.295. The number of hydrogen-bond acceptors (Lipinski definition) is 3. The fraction of sp³-hybridized carbons (Fsp3) is 0.467. The lowest BCUT2D eigenvalue weighted by Gasteiger charge is -2.25. The topological polar surface area (TPSA) is 75.4 Å². The quantitative estimate of drug-likeness (QED) is 0.784. The molecule has 1 atom stereocenters. The molecule has 0 spiro atoms. The Morgan fingerprint density at radius 3 is 2.65 bits per heavy atom. The van der Waals surface area contributed by atoms with Gasteiger partial charge in [0.2, 0.25) is 11.8 Å². The first-order chi connectivity index (χ1) is 9.70. The van der Waals surface area contributed by atoms with Crippen LogP contribution in [0.3, 0.4) is 0 Å². The van der Waals surface area contributed by atoms with E-state index in [9.17, 15) is 9.59 Å². The molecule has 1 fully saturated rings. The lowest BCUT2D eigenvalue weighted by atomic mass is 10.1. The molecule has 5 heteroatoms. The standard InChI is InChI=1S/C15H21N3O2/c16-9-11-18(10-8-12-4-2-1-3-5-12)15(20)13-6-7-14(19)17-13/h1-5,13H,6-11,16H2,(H,17,19). The summed E-state index contributed by atoms with van der Waals surface area (Å²) in [6.45, 7) is 1.59. The maximum Gasteiger partial charge on any atom is 0.245 e. The van der Waals surface area contributed by atoms with E-state index in [1.54, 1.807) is 4.90 Å². The fourth-order valence-electron chi connectivity index (χ4n) is 2.42. The van der Waals surface area contributed by atoms with Gasteiger partial charge in [0.1, 0.15) is 6.04 Å². The second kappa shape index (κ2) is 7.05. The van der Waals surface area contributed by atoms with Crippen LogP contribution in [0.4, 0.5) is 0 Å². The van der Waals surface area contributed by atoms with E-state index in [4.69, 9.17) is 5.73 Å². The van der Waals surface area contributed by atoms with Crippen LogP contribution in [-0.4, -0.2) is 42.4 Å². The average molecular weight is 275 g/mol. The minimum absolute atomic E-state index is 0.0165. The van der Waals surface area contributed by atoms with Crippen LogP contribution in [0.5, 0.6) is 0 Å². The Hall–Kier alpha value is -1.88. The number of nitrogens with two attached hydrogens (primary N) is 1. The zero-order chi connectivity index (χ0) is 14.4. The van der Waals surface area contributed by atoms with Crippen LogP contribution < -0.4 is 11.1 Å². The van der Waals surface area contributed by atoms with Crippen LogP contribution in [0.1, 0.15) is 18.4 Å². The molecule has 1 aromatic rings. The number of benzene rings is 1. The van der Waals surface area contributed by atoms with E-state index < -0.39 is 0 Å². The number of carbonyl (C=O) groups excluding carboxylic acids is 2. The molecule has 1 aliphatic heterocycles. The highest BCUT2D eigenvalue weighted by molar-refractivity contribution is 5.90. The molecule has 1 saturated heterocycles. The van der Waals surface area contributed by atoms with Crippen LogP contribution in [0.2, 0.25) is 0 Å². The summed E-state index contributed by atoms with van der Waals surface area (Å²) in [5.41, 5.74) is 6.77. The van der Waals surface area contributed by atoms with E-state index in [-0.39, 0.29) is 17.9 Å². The maximum absolute atomic E-state index is 12.4.